The van der Waals surface area contributed by atoms with E-state index in [4.69, 9.17) is 9.47 Å². The largest absolute Gasteiger partial charge is 0.485 e. The van der Waals surface area contributed by atoms with Gasteiger partial charge in [0.15, 0.2) is 11.5 Å². The van der Waals surface area contributed by atoms with Crippen LogP contribution >= 0.6 is 0 Å². The van der Waals surface area contributed by atoms with Crippen LogP contribution in [0.2, 0.25) is 0 Å². The summed E-state index contributed by atoms with van der Waals surface area (Å²) in [7, 11) is 0. The third kappa shape index (κ3) is 3.43. The van der Waals surface area contributed by atoms with E-state index in [2.05, 4.69) is 4.98 Å². The molecule has 1 aromatic heterocycles. The van der Waals surface area contributed by atoms with Gasteiger partial charge in [-0.05, 0) is 24.3 Å². The Morgan fingerprint density at radius 2 is 1.53 bits per heavy atom. The highest BCUT2D eigenvalue weighted by molar-refractivity contribution is 5.95. The monoisotopic (exact) mass is 403 g/mol. The molecule has 2 aliphatic heterocycles. The molecule has 2 aliphatic rings. The number of hydrogen-bond donors (Lipinski definition) is 0. The Labute approximate surface area is 173 Å². The molecule has 2 aromatic carbocycles. The Morgan fingerprint density at radius 1 is 0.833 bits per heavy atom. The van der Waals surface area contributed by atoms with E-state index in [-0.39, 0.29) is 18.4 Å². The van der Waals surface area contributed by atoms with E-state index in [1.54, 1.807) is 21.9 Å². The van der Waals surface area contributed by atoms with Crippen molar-refractivity contribution in [2.75, 3.05) is 32.8 Å². The first-order chi connectivity index (χ1) is 14.7. The van der Waals surface area contributed by atoms with E-state index in [9.17, 15) is 9.59 Å². The van der Waals surface area contributed by atoms with Gasteiger partial charge in [0.05, 0.1) is 5.52 Å². The first kappa shape index (κ1) is 18.4. The molecule has 30 heavy (non-hydrogen) atoms. The van der Waals surface area contributed by atoms with Crippen LogP contribution in [0.25, 0.3) is 10.9 Å². The molecule has 0 bridgehead atoms. The maximum Gasteiger partial charge on any atom is 0.272 e. The van der Waals surface area contributed by atoms with Crippen molar-refractivity contribution in [2.45, 2.75) is 6.10 Å². The van der Waals surface area contributed by atoms with Crippen molar-refractivity contribution < 1.29 is 19.1 Å². The number of benzene rings is 2. The molecule has 1 saturated heterocycles. The molecule has 2 amide bonds. The van der Waals surface area contributed by atoms with Crippen LogP contribution in [0.1, 0.15) is 10.5 Å². The van der Waals surface area contributed by atoms with Crippen LogP contribution in [-0.2, 0) is 4.79 Å². The Balaban J connectivity index is 1.21. The van der Waals surface area contributed by atoms with E-state index in [1.807, 2.05) is 48.5 Å². The third-order valence-corrected chi connectivity index (χ3v) is 5.48. The van der Waals surface area contributed by atoms with E-state index in [1.165, 1.54) is 0 Å². The summed E-state index contributed by atoms with van der Waals surface area (Å²) < 4.78 is 11.5. The topological polar surface area (TPSA) is 72.0 Å². The zero-order valence-corrected chi connectivity index (χ0v) is 16.4. The lowest BCUT2D eigenvalue weighted by molar-refractivity contribution is -0.142. The molecular formula is C23H21N3O4. The van der Waals surface area contributed by atoms with Crippen molar-refractivity contribution in [3.05, 3.63) is 66.4 Å². The Morgan fingerprint density at radius 3 is 2.37 bits per heavy atom. The number of nitrogens with zero attached hydrogens (tertiary/aromatic N) is 3. The summed E-state index contributed by atoms with van der Waals surface area (Å²) in [6.45, 7) is 2.03. The van der Waals surface area contributed by atoms with Crippen molar-refractivity contribution in [3.8, 4) is 11.5 Å². The smallest absolute Gasteiger partial charge is 0.272 e. The Bertz CT molecular complexity index is 1110. The molecule has 0 unspecified atom stereocenters. The van der Waals surface area contributed by atoms with Crippen LogP contribution in [0.3, 0.4) is 0 Å². The molecule has 3 heterocycles. The van der Waals surface area contributed by atoms with Crippen LogP contribution in [0.15, 0.2) is 60.7 Å². The number of para-hydroxylation sites is 3. The zero-order valence-electron chi connectivity index (χ0n) is 16.4. The van der Waals surface area contributed by atoms with Crippen molar-refractivity contribution >= 4 is 22.7 Å². The highest BCUT2D eigenvalue weighted by Crippen LogP contribution is 2.31. The second kappa shape index (κ2) is 7.67. The van der Waals surface area contributed by atoms with Gasteiger partial charge in [-0.25, -0.2) is 4.98 Å². The van der Waals surface area contributed by atoms with Crippen LogP contribution in [-0.4, -0.2) is 65.5 Å². The maximum atomic E-state index is 12.9. The Kier molecular flexibility index (Phi) is 4.71. The fraction of sp³-hybridized carbons (Fsp3) is 0.261. The molecule has 0 spiro atoms. The second-order valence-corrected chi connectivity index (χ2v) is 7.37. The minimum atomic E-state index is -0.663. The van der Waals surface area contributed by atoms with Gasteiger partial charge in [-0.3, -0.25) is 9.59 Å². The number of piperazine rings is 1. The fourth-order valence-corrected chi connectivity index (χ4v) is 3.82. The van der Waals surface area contributed by atoms with Crippen LogP contribution in [0.5, 0.6) is 11.5 Å². The van der Waals surface area contributed by atoms with Gasteiger partial charge in [-0.15, -0.1) is 0 Å². The summed E-state index contributed by atoms with van der Waals surface area (Å²) >= 11 is 0. The van der Waals surface area contributed by atoms with Gasteiger partial charge in [0.25, 0.3) is 11.8 Å². The standard InChI is InChI=1S/C23H21N3O4/c27-22(18-10-9-16-5-1-2-6-17(16)24-18)25-11-13-26(14-12-25)23(28)21-15-29-19-7-3-4-8-20(19)30-21/h1-10,21H,11-15H2/t21-/m0/s1. The molecule has 5 rings (SSSR count). The lowest BCUT2D eigenvalue weighted by Gasteiger charge is -2.37. The molecule has 7 heteroatoms. The number of amides is 2. The molecular weight excluding hydrogens is 382 g/mol. The van der Waals surface area contributed by atoms with Crippen molar-refractivity contribution in [1.82, 2.24) is 14.8 Å². The highest BCUT2D eigenvalue weighted by Gasteiger charge is 2.33. The average molecular weight is 403 g/mol. The van der Waals surface area contributed by atoms with Crippen LogP contribution < -0.4 is 9.47 Å². The summed E-state index contributed by atoms with van der Waals surface area (Å²) in [4.78, 5) is 33.7. The quantitative estimate of drug-likeness (QED) is 0.657. The van der Waals surface area contributed by atoms with E-state index in [0.29, 0.717) is 43.4 Å². The summed E-state index contributed by atoms with van der Waals surface area (Å²) in [5, 5.41) is 1.00. The Hall–Kier alpha value is -3.61. The van der Waals surface area contributed by atoms with Gasteiger partial charge in [0, 0.05) is 31.6 Å². The number of fused-ring (bicyclic) bond motifs is 2. The van der Waals surface area contributed by atoms with Gasteiger partial charge in [0.1, 0.15) is 12.3 Å². The minimum Gasteiger partial charge on any atom is -0.485 e. The summed E-state index contributed by atoms with van der Waals surface area (Å²) in [5.74, 6) is 1.01. The first-order valence-corrected chi connectivity index (χ1v) is 10.0. The number of pyridine rings is 1. The van der Waals surface area contributed by atoms with Gasteiger partial charge >= 0.3 is 0 Å². The average Bonchev–Trinajstić information content (AvgIpc) is 2.82. The highest BCUT2D eigenvalue weighted by atomic mass is 16.6. The molecule has 0 N–H and O–H groups in total. The van der Waals surface area contributed by atoms with Crippen LogP contribution in [0, 0.1) is 0 Å². The second-order valence-electron chi connectivity index (χ2n) is 7.37. The minimum absolute atomic E-state index is 0.111. The summed E-state index contributed by atoms with van der Waals surface area (Å²) in [6, 6.07) is 18.7. The van der Waals surface area contributed by atoms with Gasteiger partial charge in [-0.1, -0.05) is 36.4 Å². The molecule has 152 valence electrons. The molecule has 1 atom stereocenters. The SMILES string of the molecule is O=C(c1ccc2ccccc2n1)N1CCN(C(=O)[C@@H]2COc3ccccc3O2)CC1. The lowest BCUT2D eigenvalue weighted by atomic mass is 10.2. The zero-order chi connectivity index (χ0) is 20.5. The normalized spacial score (nSPS) is 18.3. The predicted molar refractivity (Wildman–Crippen MR) is 111 cm³/mol. The van der Waals surface area contributed by atoms with Crippen molar-refractivity contribution in [1.29, 1.82) is 0 Å². The molecule has 7 nitrogen and oxygen atoms in total. The number of ether oxygens (including phenoxy) is 2. The van der Waals surface area contributed by atoms with E-state index >= 15 is 0 Å². The molecule has 1 fully saturated rings. The number of rotatable bonds is 2. The molecule has 3 aromatic rings. The van der Waals surface area contributed by atoms with Gasteiger partial charge < -0.3 is 19.3 Å². The number of hydrogen-bond acceptors (Lipinski definition) is 5. The number of carbonyl (C=O) groups is 2. The van der Waals surface area contributed by atoms with Crippen LogP contribution in [0.4, 0.5) is 0 Å². The fourth-order valence-electron chi connectivity index (χ4n) is 3.82. The first-order valence-electron chi connectivity index (χ1n) is 10.0. The molecule has 0 saturated carbocycles. The summed E-state index contributed by atoms with van der Waals surface area (Å²) in [5.41, 5.74) is 1.22. The summed E-state index contributed by atoms with van der Waals surface area (Å²) in [6.07, 6.45) is -0.663. The number of carbonyl (C=O) groups excluding carboxylic acids is 2. The third-order valence-electron chi connectivity index (χ3n) is 5.48. The predicted octanol–water partition coefficient (Wildman–Crippen LogP) is 2.36. The molecule has 0 radical (unpaired) electrons. The van der Waals surface area contributed by atoms with Gasteiger partial charge in [0.2, 0.25) is 6.10 Å². The lowest BCUT2D eigenvalue weighted by Crippen LogP contribution is -2.55. The molecule has 0 aliphatic carbocycles. The van der Waals surface area contributed by atoms with E-state index < -0.39 is 6.10 Å². The van der Waals surface area contributed by atoms with Gasteiger partial charge in [-0.2, -0.15) is 0 Å². The van der Waals surface area contributed by atoms with E-state index in [0.717, 1.165) is 10.9 Å². The van der Waals surface area contributed by atoms with Crippen molar-refractivity contribution in [3.63, 3.8) is 0 Å². The number of aromatic nitrogens is 1. The maximum absolute atomic E-state index is 12.9. The van der Waals surface area contributed by atoms with Crippen molar-refractivity contribution in [2.24, 2.45) is 0 Å².